The molecule has 6 nitrogen and oxygen atoms in total. The smallest absolute Gasteiger partial charge is 0.313 e. The second kappa shape index (κ2) is 9.58. The Morgan fingerprint density at radius 3 is 2.47 bits per heavy atom. The second-order valence-electron chi connectivity index (χ2n) is 12.3. The number of benzene rings is 1. The number of hydrogen-bond acceptors (Lipinski definition) is 6. The van der Waals surface area contributed by atoms with Crippen molar-refractivity contribution >= 4 is 20.1 Å². The molecule has 1 aliphatic heterocycles. The van der Waals surface area contributed by atoms with E-state index in [1.165, 1.54) is 0 Å². The SMILES string of the molecule is COc1ccc(COC/C(C)=C/C2=C[C@@H]3C(=O)O[C@@]4(C)C[C@@H](O[Si](C)(C)C(C)(C)C)[C@@H]3[C@H]4C2=O)cc1. The summed E-state index contributed by atoms with van der Waals surface area (Å²) in [6.07, 6.45) is 4.10. The predicted octanol–water partition coefficient (Wildman–Crippen LogP) is 5.63. The van der Waals surface area contributed by atoms with Gasteiger partial charge in [0.1, 0.15) is 11.4 Å². The Morgan fingerprint density at radius 1 is 1.19 bits per heavy atom. The molecule has 2 fully saturated rings. The van der Waals surface area contributed by atoms with Crippen molar-refractivity contribution in [2.45, 2.75) is 77.5 Å². The Labute approximate surface area is 216 Å². The van der Waals surface area contributed by atoms with Gasteiger partial charge in [0.15, 0.2) is 14.1 Å². The summed E-state index contributed by atoms with van der Waals surface area (Å²) >= 11 is 0. The van der Waals surface area contributed by atoms with Crippen LogP contribution in [0.25, 0.3) is 0 Å². The zero-order chi connectivity index (χ0) is 26.5. The summed E-state index contributed by atoms with van der Waals surface area (Å²) in [5.74, 6) is -0.395. The van der Waals surface area contributed by atoms with Crippen LogP contribution in [0.2, 0.25) is 18.1 Å². The Bertz CT molecular complexity index is 1080. The lowest BCUT2D eigenvalue weighted by atomic mass is 9.68. The molecule has 4 rings (SSSR count). The van der Waals surface area contributed by atoms with Gasteiger partial charge in [-0.05, 0) is 55.2 Å². The molecule has 3 aliphatic rings. The number of Topliss-reactive ketones (excluding diaryl/α,β-unsaturated/α-hetero) is 1. The summed E-state index contributed by atoms with van der Waals surface area (Å²) in [6, 6.07) is 7.75. The quantitative estimate of drug-likeness (QED) is 0.332. The number of ketones is 1. The first-order valence-electron chi connectivity index (χ1n) is 12.8. The largest absolute Gasteiger partial charge is 0.497 e. The summed E-state index contributed by atoms with van der Waals surface area (Å²) < 4.78 is 23.7. The van der Waals surface area contributed by atoms with Gasteiger partial charge in [-0.1, -0.05) is 45.1 Å². The Hall–Kier alpha value is -2.22. The number of ether oxygens (including phenoxy) is 3. The van der Waals surface area contributed by atoms with E-state index >= 15 is 0 Å². The van der Waals surface area contributed by atoms with E-state index in [1.807, 2.05) is 50.3 Å². The molecule has 1 heterocycles. The molecule has 5 atom stereocenters. The Morgan fingerprint density at radius 2 is 1.86 bits per heavy atom. The van der Waals surface area contributed by atoms with Gasteiger partial charge in [0.2, 0.25) is 0 Å². The van der Waals surface area contributed by atoms with Gasteiger partial charge in [0.05, 0.1) is 38.3 Å². The fourth-order valence-electron chi connectivity index (χ4n) is 5.52. The van der Waals surface area contributed by atoms with Crippen LogP contribution in [0.15, 0.2) is 47.6 Å². The highest BCUT2D eigenvalue weighted by atomic mass is 28.4. The van der Waals surface area contributed by atoms with Crippen molar-refractivity contribution in [2.24, 2.45) is 17.8 Å². The molecule has 0 unspecified atom stereocenters. The fourth-order valence-corrected chi connectivity index (χ4v) is 6.87. The molecule has 1 saturated carbocycles. The van der Waals surface area contributed by atoms with E-state index in [-0.39, 0.29) is 34.7 Å². The molecule has 2 aliphatic carbocycles. The van der Waals surface area contributed by atoms with Crippen molar-refractivity contribution < 1.29 is 28.2 Å². The molecule has 0 radical (unpaired) electrons. The maximum absolute atomic E-state index is 13.7. The van der Waals surface area contributed by atoms with Gasteiger partial charge in [-0.25, -0.2) is 0 Å². The van der Waals surface area contributed by atoms with E-state index in [4.69, 9.17) is 18.6 Å². The van der Waals surface area contributed by atoms with Crippen LogP contribution in [0.1, 0.15) is 46.6 Å². The summed E-state index contributed by atoms with van der Waals surface area (Å²) in [4.78, 5) is 26.7. The van der Waals surface area contributed by atoms with Gasteiger partial charge in [0, 0.05) is 17.9 Å². The summed E-state index contributed by atoms with van der Waals surface area (Å²) in [7, 11) is -0.440. The highest BCUT2D eigenvalue weighted by molar-refractivity contribution is 6.74. The van der Waals surface area contributed by atoms with Gasteiger partial charge in [-0.3, -0.25) is 9.59 Å². The summed E-state index contributed by atoms with van der Waals surface area (Å²) in [5.41, 5.74) is 1.74. The second-order valence-corrected chi connectivity index (χ2v) is 17.0. The molecule has 196 valence electrons. The van der Waals surface area contributed by atoms with Crippen LogP contribution < -0.4 is 4.74 Å². The standard InChI is InChI=1S/C29H40O6Si/c1-18(16-33-17-19-9-11-21(32-6)12-10-19)13-20-14-22-24-23(35-36(7,8)28(2,3)4)15-29(5,34-27(22)31)25(24)26(20)30/h9-14,22-25H,15-17H2,1-8H3/b18-13+/t22-,23+,24+,25-,29-/m0/s1. The van der Waals surface area contributed by atoms with Crippen molar-refractivity contribution in [3.8, 4) is 5.75 Å². The summed E-state index contributed by atoms with van der Waals surface area (Å²) in [6.45, 7) is 15.8. The van der Waals surface area contributed by atoms with Crippen LogP contribution in [0.3, 0.4) is 0 Å². The maximum atomic E-state index is 13.7. The molecule has 1 aromatic carbocycles. The Kier molecular flexibility index (Phi) is 7.14. The minimum absolute atomic E-state index is 0.0429. The van der Waals surface area contributed by atoms with Crippen LogP contribution in [0.4, 0.5) is 0 Å². The number of hydrogen-bond donors (Lipinski definition) is 0. The highest BCUT2D eigenvalue weighted by Crippen LogP contribution is 2.57. The molecule has 0 aromatic heterocycles. The van der Waals surface area contributed by atoms with Gasteiger partial charge >= 0.3 is 5.97 Å². The van der Waals surface area contributed by atoms with Crippen molar-refractivity contribution in [3.63, 3.8) is 0 Å². The average Bonchev–Trinajstić information content (AvgIpc) is 3.00. The van der Waals surface area contributed by atoms with Gasteiger partial charge < -0.3 is 18.6 Å². The monoisotopic (exact) mass is 512 g/mol. The van der Waals surface area contributed by atoms with Crippen molar-refractivity contribution in [1.82, 2.24) is 0 Å². The minimum Gasteiger partial charge on any atom is -0.497 e. The van der Waals surface area contributed by atoms with Gasteiger partial charge in [-0.15, -0.1) is 0 Å². The number of rotatable bonds is 8. The first-order valence-corrected chi connectivity index (χ1v) is 15.7. The first kappa shape index (κ1) is 26.8. The molecule has 7 heteroatoms. The number of carbonyl (C=O) groups is 2. The van der Waals surface area contributed by atoms with Gasteiger partial charge in [0.25, 0.3) is 0 Å². The molecule has 0 N–H and O–H groups in total. The third kappa shape index (κ3) is 4.98. The van der Waals surface area contributed by atoms with E-state index < -0.39 is 19.8 Å². The van der Waals surface area contributed by atoms with E-state index in [1.54, 1.807) is 7.11 Å². The van der Waals surface area contributed by atoms with Crippen molar-refractivity contribution in [1.29, 1.82) is 0 Å². The lowest BCUT2D eigenvalue weighted by molar-refractivity contribution is -0.179. The van der Waals surface area contributed by atoms with E-state index in [9.17, 15) is 9.59 Å². The van der Waals surface area contributed by atoms with E-state index in [0.29, 0.717) is 25.2 Å². The molecular formula is C29H40O6Si. The predicted molar refractivity (Wildman–Crippen MR) is 141 cm³/mol. The van der Waals surface area contributed by atoms with Crippen LogP contribution in [-0.2, 0) is 30.1 Å². The lowest BCUT2D eigenvalue weighted by Gasteiger charge is -2.44. The molecule has 36 heavy (non-hydrogen) atoms. The van der Waals surface area contributed by atoms with Crippen LogP contribution >= 0.6 is 0 Å². The van der Waals surface area contributed by atoms with E-state index in [2.05, 4.69) is 33.9 Å². The third-order valence-electron chi connectivity index (χ3n) is 8.44. The maximum Gasteiger partial charge on any atom is 0.313 e. The molecule has 0 amide bonds. The fraction of sp³-hybridized carbons (Fsp3) is 0.586. The zero-order valence-electron chi connectivity index (χ0n) is 22.8. The first-order chi connectivity index (χ1) is 16.8. The number of esters is 1. The topological polar surface area (TPSA) is 71.1 Å². The van der Waals surface area contributed by atoms with Gasteiger partial charge in [-0.2, -0.15) is 0 Å². The van der Waals surface area contributed by atoms with E-state index in [0.717, 1.165) is 16.9 Å². The van der Waals surface area contributed by atoms with Crippen molar-refractivity contribution in [3.05, 3.63) is 53.1 Å². The van der Waals surface area contributed by atoms with Crippen LogP contribution in [-0.4, -0.2) is 45.5 Å². The number of methoxy groups -OCH3 is 1. The lowest BCUT2D eigenvalue weighted by Crippen LogP contribution is -2.54. The average molecular weight is 513 g/mol. The van der Waals surface area contributed by atoms with Crippen LogP contribution in [0, 0.1) is 17.8 Å². The number of allylic oxidation sites excluding steroid dienone is 2. The highest BCUT2D eigenvalue weighted by Gasteiger charge is 2.66. The molecular weight excluding hydrogens is 472 g/mol. The van der Waals surface area contributed by atoms with Crippen LogP contribution in [0.5, 0.6) is 5.75 Å². The zero-order valence-corrected chi connectivity index (χ0v) is 23.8. The molecule has 0 spiro atoms. The Balaban J connectivity index is 1.50. The third-order valence-corrected chi connectivity index (χ3v) is 12.9. The number of carbonyl (C=O) groups excluding carboxylic acids is 2. The molecule has 1 saturated heterocycles. The normalized spacial score (nSPS) is 30.2. The molecule has 1 aromatic rings. The summed E-state index contributed by atoms with van der Waals surface area (Å²) in [5, 5.41) is 0.0429. The molecule has 4 bridgehead atoms. The van der Waals surface area contributed by atoms with Crippen molar-refractivity contribution in [2.75, 3.05) is 13.7 Å². The minimum atomic E-state index is -2.08.